The molecule has 0 radical (unpaired) electrons. The summed E-state index contributed by atoms with van der Waals surface area (Å²) in [5, 5.41) is 4.85. The van der Waals surface area contributed by atoms with E-state index in [1.165, 1.54) is 38.6 Å². The van der Waals surface area contributed by atoms with Gasteiger partial charge < -0.3 is 8.98 Å². The molecule has 0 bridgehead atoms. The number of benzene rings is 6. The van der Waals surface area contributed by atoms with E-state index in [0.29, 0.717) is 0 Å². The molecule has 0 atom stereocenters. The van der Waals surface area contributed by atoms with Crippen molar-refractivity contribution in [2.45, 2.75) is 0 Å². The number of furan rings is 1. The molecule has 0 spiro atoms. The number of para-hydroxylation sites is 4. The Kier molecular flexibility index (Phi) is 4.55. The number of aromatic nitrogens is 1. The first kappa shape index (κ1) is 21.0. The fourth-order valence-corrected chi connectivity index (χ4v) is 5.82. The molecule has 0 amide bonds. The fourth-order valence-electron chi connectivity index (χ4n) is 5.82. The minimum atomic E-state index is 0.925. The summed E-state index contributed by atoms with van der Waals surface area (Å²) in [6, 6.07) is 49.5. The molecule has 0 fully saturated rings. The van der Waals surface area contributed by atoms with E-state index in [4.69, 9.17) is 4.42 Å². The Hall–Kier alpha value is -5.08. The van der Waals surface area contributed by atoms with Crippen molar-refractivity contribution >= 4 is 43.7 Å². The minimum absolute atomic E-state index is 0.925. The lowest BCUT2D eigenvalue weighted by atomic mass is 9.98. The van der Waals surface area contributed by atoms with E-state index in [-0.39, 0.29) is 0 Å². The monoisotopic (exact) mass is 485 g/mol. The second-order valence-electron chi connectivity index (χ2n) is 9.78. The van der Waals surface area contributed by atoms with Gasteiger partial charge in [0.15, 0.2) is 0 Å². The standard InChI is InChI=1S/C36H23NO/c1-2-9-27(10-3-1)37-33-15-6-4-11-29(33)30-22-21-26(23-34(30)37)24-17-19-25(20-18-24)28-13-8-14-32-31-12-5-7-16-35(31)38-36(28)32/h1-23H. The van der Waals surface area contributed by atoms with Crippen molar-refractivity contribution in [3.63, 3.8) is 0 Å². The number of nitrogens with zero attached hydrogens (tertiary/aromatic N) is 1. The van der Waals surface area contributed by atoms with Gasteiger partial charge in [-0.05, 0) is 47.0 Å². The van der Waals surface area contributed by atoms with Crippen LogP contribution in [0.25, 0.3) is 71.7 Å². The second kappa shape index (κ2) is 8.22. The zero-order valence-corrected chi connectivity index (χ0v) is 20.6. The molecule has 178 valence electrons. The highest BCUT2D eigenvalue weighted by Crippen LogP contribution is 2.38. The van der Waals surface area contributed by atoms with Crippen LogP contribution in [0.2, 0.25) is 0 Å². The summed E-state index contributed by atoms with van der Waals surface area (Å²) in [5.74, 6) is 0. The lowest BCUT2D eigenvalue weighted by Gasteiger charge is -2.09. The zero-order valence-electron chi connectivity index (χ0n) is 20.6. The lowest BCUT2D eigenvalue weighted by Crippen LogP contribution is -1.93. The van der Waals surface area contributed by atoms with E-state index in [1.807, 2.05) is 12.1 Å². The van der Waals surface area contributed by atoms with Gasteiger partial charge in [-0.2, -0.15) is 0 Å². The molecule has 8 aromatic rings. The summed E-state index contributed by atoms with van der Waals surface area (Å²) in [4.78, 5) is 0. The molecule has 38 heavy (non-hydrogen) atoms. The fraction of sp³-hybridized carbons (Fsp3) is 0. The molecule has 2 nitrogen and oxygen atoms in total. The third-order valence-corrected chi connectivity index (χ3v) is 7.62. The number of hydrogen-bond donors (Lipinski definition) is 0. The average Bonchev–Trinajstić information content (AvgIpc) is 3.53. The van der Waals surface area contributed by atoms with Crippen LogP contribution in [-0.2, 0) is 0 Å². The van der Waals surface area contributed by atoms with Crippen LogP contribution in [0.1, 0.15) is 0 Å². The molecule has 0 N–H and O–H groups in total. The summed E-state index contributed by atoms with van der Waals surface area (Å²) in [5.41, 5.74) is 10.1. The average molecular weight is 486 g/mol. The van der Waals surface area contributed by atoms with E-state index < -0.39 is 0 Å². The summed E-state index contributed by atoms with van der Waals surface area (Å²) >= 11 is 0. The van der Waals surface area contributed by atoms with Crippen LogP contribution in [0, 0.1) is 0 Å². The van der Waals surface area contributed by atoms with Crippen LogP contribution in [0.3, 0.4) is 0 Å². The third kappa shape index (κ3) is 3.14. The van der Waals surface area contributed by atoms with Gasteiger partial charge in [0.1, 0.15) is 11.2 Å². The predicted octanol–water partition coefficient (Wildman–Crippen LogP) is 10.0. The highest BCUT2D eigenvalue weighted by molar-refractivity contribution is 6.11. The number of rotatable bonds is 3. The normalized spacial score (nSPS) is 11.7. The van der Waals surface area contributed by atoms with Gasteiger partial charge in [-0.3, -0.25) is 0 Å². The molecule has 8 rings (SSSR count). The molecule has 6 aromatic carbocycles. The van der Waals surface area contributed by atoms with Crippen LogP contribution in [0.4, 0.5) is 0 Å². The number of fused-ring (bicyclic) bond motifs is 6. The maximum absolute atomic E-state index is 6.28. The van der Waals surface area contributed by atoms with Crippen LogP contribution < -0.4 is 0 Å². The molecule has 0 aliphatic heterocycles. The Morgan fingerprint density at radius 2 is 1.08 bits per heavy atom. The first-order valence-electron chi connectivity index (χ1n) is 12.9. The first-order chi connectivity index (χ1) is 18.8. The molecule has 2 heteroatoms. The van der Waals surface area contributed by atoms with Crippen molar-refractivity contribution in [1.82, 2.24) is 4.57 Å². The molecule has 0 saturated carbocycles. The molecule has 0 saturated heterocycles. The molecular formula is C36H23NO. The van der Waals surface area contributed by atoms with Crippen molar-refractivity contribution in [3.05, 3.63) is 140 Å². The largest absolute Gasteiger partial charge is 0.455 e. The maximum atomic E-state index is 6.28. The first-order valence-corrected chi connectivity index (χ1v) is 12.9. The summed E-state index contributed by atoms with van der Waals surface area (Å²) in [6.45, 7) is 0. The van der Waals surface area contributed by atoms with Gasteiger partial charge in [0, 0.05) is 32.8 Å². The second-order valence-corrected chi connectivity index (χ2v) is 9.78. The Bertz CT molecular complexity index is 2110. The smallest absolute Gasteiger partial charge is 0.143 e. The Morgan fingerprint density at radius 3 is 1.95 bits per heavy atom. The van der Waals surface area contributed by atoms with Crippen LogP contribution in [0.5, 0.6) is 0 Å². The third-order valence-electron chi connectivity index (χ3n) is 7.62. The van der Waals surface area contributed by atoms with Crippen LogP contribution in [-0.4, -0.2) is 4.57 Å². The van der Waals surface area contributed by atoms with Gasteiger partial charge in [0.05, 0.1) is 11.0 Å². The van der Waals surface area contributed by atoms with E-state index in [2.05, 4.69) is 132 Å². The molecule has 2 aromatic heterocycles. The lowest BCUT2D eigenvalue weighted by molar-refractivity contribution is 0.670. The topological polar surface area (TPSA) is 18.1 Å². The Morgan fingerprint density at radius 1 is 0.421 bits per heavy atom. The molecule has 0 unspecified atom stereocenters. The van der Waals surface area contributed by atoms with Gasteiger partial charge in [0.25, 0.3) is 0 Å². The van der Waals surface area contributed by atoms with E-state index in [0.717, 1.165) is 33.1 Å². The molecule has 0 aliphatic rings. The highest BCUT2D eigenvalue weighted by Gasteiger charge is 2.14. The van der Waals surface area contributed by atoms with Gasteiger partial charge in [0.2, 0.25) is 0 Å². The van der Waals surface area contributed by atoms with E-state index in [9.17, 15) is 0 Å². The summed E-state index contributed by atoms with van der Waals surface area (Å²) in [7, 11) is 0. The molecule has 0 aliphatic carbocycles. The minimum Gasteiger partial charge on any atom is -0.455 e. The molecule has 2 heterocycles. The highest BCUT2D eigenvalue weighted by atomic mass is 16.3. The van der Waals surface area contributed by atoms with Crippen LogP contribution >= 0.6 is 0 Å². The SMILES string of the molecule is c1ccc(-n2c3ccccc3c3ccc(-c4ccc(-c5cccc6c5oc5ccccc56)cc4)cc32)cc1. The van der Waals surface area contributed by atoms with Crippen molar-refractivity contribution in [2.24, 2.45) is 0 Å². The molecular weight excluding hydrogens is 462 g/mol. The summed E-state index contributed by atoms with van der Waals surface area (Å²) < 4.78 is 8.65. The summed E-state index contributed by atoms with van der Waals surface area (Å²) in [6.07, 6.45) is 0. The van der Waals surface area contributed by atoms with Gasteiger partial charge >= 0.3 is 0 Å². The number of hydrogen-bond acceptors (Lipinski definition) is 1. The van der Waals surface area contributed by atoms with Crippen molar-refractivity contribution < 1.29 is 4.42 Å². The Balaban J connectivity index is 1.26. The zero-order chi connectivity index (χ0) is 25.1. The Labute approximate surface area is 220 Å². The van der Waals surface area contributed by atoms with Gasteiger partial charge in [-0.25, -0.2) is 0 Å². The quantitative estimate of drug-likeness (QED) is 0.243. The van der Waals surface area contributed by atoms with Gasteiger partial charge in [-0.15, -0.1) is 0 Å². The predicted molar refractivity (Wildman–Crippen MR) is 159 cm³/mol. The van der Waals surface area contributed by atoms with Crippen LogP contribution in [0.15, 0.2) is 144 Å². The van der Waals surface area contributed by atoms with E-state index >= 15 is 0 Å². The van der Waals surface area contributed by atoms with Crippen molar-refractivity contribution in [1.29, 1.82) is 0 Å². The van der Waals surface area contributed by atoms with Crippen molar-refractivity contribution in [2.75, 3.05) is 0 Å². The maximum Gasteiger partial charge on any atom is 0.143 e. The van der Waals surface area contributed by atoms with E-state index in [1.54, 1.807) is 0 Å². The van der Waals surface area contributed by atoms with Gasteiger partial charge in [-0.1, -0.05) is 109 Å². The van der Waals surface area contributed by atoms with Crippen molar-refractivity contribution in [3.8, 4) is 27.9 Å².